The van der Waals surface area contributed by atoms with Gasteiger partial charge in [-0.2, -0.15) is 0 Å². The molecule has 5 heteroatoms. The van der Waals surface area contributed by atoms with E-state index in [2.05, 4.69) is 5.32 Å². The molecule has 2 rings (SSSR count). The highest BCUT2D eigenvalue weighted by Crippen LogP contribution is 2.28. The summed E-state index contributed by atoms with van der Waals surface area (Å²) in [5.41, 5.74) is 0. The molecule has 20 heavy (non-hydrogen) atoms. The molecule has 114 valence electrons. The van der Waals surface area contributed by atoms with E-state index >= 15 is 0 Å². The van der Waals surface area contributed by atoms with E-state index < -0.39 is 11.9 Å². The Morgan fingerprint density at radius 1 is 1.25 bits per heavy atom. The number of likely N-dealkylation sites (tertiary alicyclic amines) is 1. The number of nitrogens with one attached hydrogen (secondary N) is 1. The number of urea groups is 1. The summed E-state index contributed by atoms with van der Waals surface area (Å²) in [5.74, 6) is -0.319. The molecule has 0 aromatic carbocycles. The summed E-state index contributed by atoms with van der Waals surface area (Å²) >= 11 is 0. The van der Waals surface area contributed by atoms with Crippen LogP contribution >= 0.6 is 0 Å². The molecule has 2 unspecified atom stereocenters. The summed E-state index contributed by atoms with van der Waals surface area (Å²) in [6, 6.07) is -0.105. The van der Waals surface area contributed by atoms with Crippen LogP contribution in [0.5, 0.6) is 0 Å². The topological polar surface area (TPSA) is 69.6 Å². The van der Waals surface area contributed by atoms with Gasteiger partial charge in [-0.25, -0.2) is 4.79 Å². The smallest absolute Gasteiger partial charge is 0.317 e. The molecule has 0 aromatic rings. The lowest BCUT2D eigenvalue weighted by atomic mass is 9.99. The lowest BCUT2D eigenvalue weighted by Crippen LogP contribution is -2.39. The van der Waals surface area contributed by atoms with E-state index in [4.69, 9.17) is 5.11 Å². The van der Waals surface area contributed by atoms with Gasteiger partial charge in [-0.05, 0) is 24.7 Å². The van der Waals surface area contributed by atoms with Gasteiger partial charge in [0.15, 0.2) is 0 Å². The van der Waals surface area contributed by atoms with Crippen LogP contribution in [0, 0.1) is 17.8 Å². The van der Waals surface area contributed by atoms with Gasteiger partial charge in [0.05, 0.1) is 5.92 Å². The summed E-state index contributed by atoms with van der Waals surface area (Å²) in [6.07, 6.45) is 7.64. The summed E-state index contributed by atoms with van der Waals surface area (Å²) in [6.45, 7) is 3.49. The third-order valence-corrected chi connectivity index (χ3v) is 4.76. The molecule has 0 bridgehead atoms. The van der Waals surface area contributed by atoms with Crippen molar-refractivity contribution < 1.29 is 14.7 Å². The maximum Gasteiger partial charge on any atom is 0.317 e. The van der Waals surface area contributed by atoms with E-state index in [1.54, 1.807) is 4.90 Å². The predicted octanol–water partition coefficient (Wildman–Crippen LogP) is 2.32. The van der Waals surface area contributed by atoms with Crippen molar-refractivity contribution in [2.45, 2.75) is 45.4 Å². The minimum Gasteiger partial charge on any atom is -0.481 e. The number of amides is 2. The highest BCUT2D eigenvalue weighted by atomic mass is 16.4. The molecule has 1 aliphatic heterocycles. The molecule has 1 heterocycles. The first kappa shape index (κ1) is 15.1. The van der Waals surface area contributed by atoms with Gasteiger partial charge in [-0.15, -0.1) is 0 Å². The van der Waals surface area contributed by atoms with Gasteiger partial charge >= 0.3 is 12.0 Å². The summed E-state index contributed by atoms with van der Waals surface area (Å²) < 4.78 is 0. The molecule has 0 aromatic heterocycles. The standard InChI is InChI=1S/C15H26N2O3/c1-11-9-17(10-13(11)14(18)19)15(20)16-8-4-7-12-5-2-3-6-12/h11-13H,2-10H2,1H3,(H,16,20)(H,18,19). The molecule has 2 aliphatic rings. The van der Waals surface area contributed by atoms with Crippen LogP contribution in [0.3, 0.4) is 0 Å². The number of hydrogen-bond donors (Lipinski definition) is 2. The molecular formula is C15H26N2O3. The average molecular weight is 282 g/mol. The van der Waals surface area contributed by atoms with E-state index in [1.807, 2.05) is 6.92 Å². The Balaban J connectivity index is 1.63. The normalized spacial score (nSPS) is 26.9. The van der Waals surface area contributed by atoms with Gasteiger partial charge in [-0.1, -0.05) is 32.6 Å². The molecule has 2 fully saturated rings. The Morgan fingerprint density at radius 3 is 2.55 bits per heavy atom. The SMILES string of the molecule is CC1CN(C(=O)NCCCC2CCCC2)CC1C(=O)O. The number of hydrogen-bond acceptors (Lipinski definition) is 2. The van der Waals surface area contributed by atoms with Crippen molar-refractivity contribution in [3.63, 3.8) is 0 Å². The Labute approximate surface area is 120 Å². The van der Waals surface area contributed by atoms with Crippen molar-refractivity contribution in [3.05, 3.63) is 0 Å². The van der Waals surface area contributed by atoms with Crippen LogP contribution in [0.2, 0.25) is 0 Å². The number of carbonyl (C=O) groups excluding carboxylic acids is 1. The second-order valence-electron chi connectivity index (χ2n) is 6.35. The molecule has 5 nitrogen and oxygen atoms in total. The fourth-order valence-corrected chi connectivity index (χ4v) is 3.45. The monoisotopic (exact) mass is 282 g/mol. The van der Waals surface area contributed by atoms with Crippen LogP contribution < -0.4 is 5.32 Å². The van der Waals surface area contributed by atoms with Crippen molar-refractivity contribution in [3.8, 4) is 0 Å². The average Bonchev–Trinajstić information content (AvgIpc) is 3.03. The number of carboxylic acid groups (broad SMARTS) is 1. The molecule has 2 atom stereocenters. The largest absolute Gasteiger partial charge is 0.481 e. The zero-order valence-electron chi connectivity index (χ0n) is 12.3. The number of rotatable bonds is 5. The zero-order chi connectivity index (χ0) is 14.5. The van der Waals surface area contributed by atoms with E-state index in [-0.39, 0.29) is 11.9 Å². The molecule has 1 saturated heterocycles. The molecule has 0 radical (unpaired) electrons. The van der Waals surface area contributed by atoms with Gasteiger partial charge in [0.25, 0.3) is 0 Å². The number of aliphatic carboxylic acids is 1. The van der Waals surface area contributed by atoms with E-state index in [9.17, 15) is 9.59 Å². The summed E-state index contributed by atoms with van der Waals surface area (Å²) in [5, 5.41) is 12.0. The Hall–Kier alpha value is -1.26. The van der Waals surface area contributed by atoms with Crippen molar-refractivity contribution in [2.75, 3.05) is 19.6 Å². The molecule has 2 N–H and O–H groups in total. The maximum absolute atomic E-state index is 12.0. The lowest BCUT2D eigenvalue weighted by molar-refractivity contribution is -0.142. The van der Waals surface area contributed by atoms with Crippen molar-refractivity contribution in [1.82, 2.24) is 10.2 Å². The van der Waals surface area contributed by atoms with Gasteiger partial charge in [0.2, 0.25) is 0 Å². The minimum absolute atomic E-state index is 0.0386. The highest BCUT2D eigenvalue weighted by Gasteiger charge is 2.36. The fourth-order valence-electron chi connectivity index (χ4n) is 3.45. The fraction of sp³-hybridized carbons (Fsp3) is 0.867. The number of nitrogens with zero attached hydrogens (tertiary/aromatic N) is 1. The van der Waals surface area contributed by atoms with Crippen LogP contribution in [-0.4, -0.2) is 41.6 Å². The van der Waals surface area contributed by atoms with E-state index in [0.717, 1.165) is 12.3 Å². The second kappa shape index (κ2) is 6.95. The predicted molar refractivity (Wildman–Crippen MR) is 76.5 cm³/mol. The third-order valence-electron chi connectivity index (χ3n) is 4.76. The van der Waals surface area contributed by atoms with Gasteiger partial charge in [0.1, 0.15) is 0 Å². The number of carbonyl (C=O) groups is 2. The van der Waals surface area contributed by atoms with E-state index in [1.165, 1.54) is 32.1 Å². The van der Waals surface area contributed by atoms with Crippen LogP contribution in [-0.2, 0) is 4.79 Å². The molecular weight excluding hydrogens is 256 g/mol. The first-order chi connectivity index (χ1) is 9.58. The molecule has 2 amide bonds. The quantitative estimate of drug-likeness (QED) is 0.760. The van der Waals surface area contributed by atoms with Gasteiger partial charge < -0.3 is 15.3 Å². The van der Waals surface area contributed by atoms with Gasteiger partial charge in [0, 0.05) is 19.6 Å². The first-order valence-electron chi connectivity index (χ1n) is 7.83. The van der Waals surface area contributed by atoms with Crippen molar-refractivity contribution >= 4 is 12.0 Å². The third kappa shape index (κ3) is 3.87. The van der Waals surface area contributed by atoms with Crippen LogP contribution in [0.4, 0.5) is 4.79 Å². The second-order valence-corrected chi connectivity index (χ2v) is 6.35. The minimum atomic E-state index is -0.797. The van der Waals surface area contributed by atoms with Crippen molar-refractivity contribution in [1.29, 1.82) is 0 Å². The lowest BCUT2D eigenvalue weighted by Gasteiger charge is -2.17. The Morgan fingerprint density at radius 2 is 1.95 bits per heavy atom. The molecule has 1 saturated carbocycles. The Bertz CT molecular complexity index is 353. The highest BCUT2D eigenvalue weighted by molar-refractivity contribution is 5.77. The van der Waals surface area contributed by atoms with Crippen LogP contribution in [0.25, 0.3) is 0 Å². The summed E-state index contributed by atoms with van der Waals surface area (Å²) in [4.78, 5) is 24.6. The first-order valence-corrected chi connectivity index (χ1v) is 7.83. The van der Waals surface area contributed by atoms with E-state index in [0.29, 0.717) is 19.6 Å². The van der Waals surface area contributed by atoms with Gasteiger partial charge in [-0.3, -0.25) is 4.79 Å². The zero-order valence-corrected chi connectivity index (χ0v) is 12.3. The number of carboxylic acids is 1. The van der Waals surface area contributed by atoms with Crippen LogP contribution in [0.15, 0.2) is 0 Å². The molecule has 1 aliphatic carbocycles. The van der Waals surface area contributed by atoms with Crippen LogP contribution in [0.1, 0.15) is 45.4 Å². The summed E-state index contributed by atoms with van der Waals surface area (Å²) in [7, 11) is 0. The Kier molecular flexibility index (Phi) is 5.26. The van der Waals surface area contributed by atoms with Crippen molar-refractivity contribution in [2.24, 2.45) is 17.8 Å². The molecule has 0 spiro atoms. The maximum atomic E-state index is 12.0.